The van der Waals surface area contributed by atoms with Gasteiger partial charge in [0.2, 0.25) is 0 Å². The van der Waals surface area contributed by atoms with E-state index in [0.29, 0.717) is 5.03 Å². The molecule has 0 saturated carbocycles. The lowest BCUT2D eigenvalue weighted by Gasteiger charge is -1.88. The zero-order chi connectivity index (χ0) is 8.43. The van der Waals surface area contributed by atoms with Gasteiger partial charge in [0.1, 0.15) is 10.6 Å². The summed E-state index contributed by atoms with van der Waals surface area (Å²) in [5, 5.41) is 13.1. The molecule has 4 nitrogen and oxygen atoms in total. The molecule has 60 valence electrons. The Hall–Kier alpha value is -0.970. The lowest BCUT2D eigenvalue weighted by atomic mass is 10.4. The molecule has 0 fully saturated rings. The van der Waals surface area contributed by atoms with E-state index in [-0.39, 0.29) is 5.56 Å². The first kappa shape index (κ1) is 8.13. The monoisotopic (exact) mass is 172 g/mol. The number of aromatic nitrogens is 2. The van der Waals surface area contributed by atoms with Crippen LogP contribution in [0.2, 0.25) is 0 Å². The van der Waals surface area contributed by atoms with Crippen molar-refractivity contribution in [1.82, 2.24) is 9.78 Å². The second-order valence-corrected chi connectivity index (χ2v) is 2.83. The molecule has 0 radical (unpaired) electrons. The van der Waals surface area contributed by atoms with Crippen LogP contribution in [-0.4, -0.2) is 27.1 Å². The summed E-state index contributed by atoms with van der Waals surface area (Å²) in [5.41, 5.74) is 0.264. The van der Waals surface area contributed by atoms with Crippen molar-refractivity contribution in [1.29, 1.82) is 0 Å². The van der Waals surface area contributed by atoms with Crippen LogP contribution in [0.4, 0.5) is 0 Å². The van der Waals surface area contributed by atoms with Crippen LogP contribution in [0.1, 0.15) is 10.4 Å². The molecule has 0 unspecified atom stereocenters. The fraction of sp³-hybridized carbons (Fsp3) is 0.333. The quantitative estimate of drug-likeness (QED) is 0.671. The minimum atomic E-state index is -0.928. The van der Waals surface area contributed by atoms with Crippen LogP contribution in [0, 0.1) is 0 Å². The number of carboxylic acids is 1. The van der Waals surface area contributed by atoms with Gasteiger partial charge in [-0.05, 0) is 6.26 Å². The van der Waals surface area contributed by atoms with E-state index in [1.807, 2.05) is 0 Å². The van der Waals surface area contributed by atoms with Gasteiger partial charge in [0.05, 0.1) is 0 Å². The fourth-order valence-electron chi connectivity index (χ4n) is 0.766. The molecule has 0 bridgehead atoms. The third-order valence-electron chi connectivity index (χ3n) is 1.22. The van der Waals surface area contributed by atoms with Gasteiger partial charge in [0.15, 0.2) is 0 Å². The Morgan fingerprint density at radius 3 is 2.82 bits per heavy atom. The maximum Gasteiger partial charge on any atom is 0.340 e. The molecule has 1 heterocycles. The van der Waals surface area contributed by atoms with E-state index in [1.54, 1.807) is 13.3 Å². The normalized spacial score (nSPS) is 10.0. The minimum Gasteiger partial charge on any atom is -0.478 e. The smallest absolute Gasteiger partial charge is 0.340 e. The minimum absolute atomic E-state index is 0.264. The lowest BCUT2D eigenvalue weighted by molar-refractivity contribution is 0.0693. The molecule has 0 aliphatic heterocycles. The summed E-state index contributed by atoms with van der Waals surface area (Å²) in [6, 6.07) is 0. The maximum atomic E-state index is 10.5. The summed E-state index contributed by atoms with van der Waals surface area (Å²) in [6.45, 7) is 0. The SMILES string of the molecule is CSc1nn(C)cc1C(=O)O. The first-order valence-corrected chi connectivity index (χ1v) is 4.18. The van der Waals surface area contributed by atoms with Crippen molar-refractivity contribution in [2.45, 2.75) is 5.03 Å². The molecule has 0 spiro atoms. The molecule has 0 aromatic carbocycles. The Kier molecular flexibility index (Phi) is 2.19. The van der Waals surface area contributed by atoms with Gasteiger partial charge >= 0.3 is 5.97 Å². The predicted octanol–water partition coefficient (Wildman–Crippen LogP) is 0.840. The van der Waals surface area contributed by atoms with Crippen molar-refractivity contribution >= 4 is 17.7 Å². The third-order valence-corrected chi connectivity index (χ3v) is 1.91. The number of rotatable bonds is 2. The van der Waals surface area contributed by atoms with Crippen LogP contribution < -0.4 is 0 Å². The Labute approximate surface area is 68.2 Å². The molecule has 11 heavy (non-hydrogen) atoms. The first-order valence-electron chi connectivity index (χ1n) is 2.96. The highest BCUT2D eigenvalue weighted by Crippen LogP contribution is 2.16. The highest BCUT2D eigenvalue weighted by atomic mass is 32.2. The zero-order valence-corrected chi connectivity index (χ0v) is 7.05. The summed E-state index contributed by atoms with van der Waals surface area (Å²) >= 11 is 1.33. The summed E-state index contributed by atoms with van der Waals surface area (Å²) in [5.74, 6) is -0.928. The van der Waals surface area contributed by atoms with Crippen LogP contribution in [0.3, 0.4) is 0 Å². The summed E-state index contributed by atoms with van der Waals surface area (Å²) < 4.78 is 1.50. The van der Waals surface area contributed by atoms with E-state index in [1.165, 1.54) is 22.6 Å². The van der Waals surface area contributed by atoms with E-state index in [0.717, 1.165) is 0 Å². The molecule has 0 atom stereocenters. The van der Waals surface area contributed by atoms with Gasteiger partial charge < -0.3 is 5.11 Å². The average Bonchev–Trinajstić information content (AvgIpc) is 2.30. The van der Waals surface area contributed by atoms with Gasteiger partial charge in [0, 0.05) is 13.2 Å². The Balaban J connectivity index is 3.12. The van der Waals surface area contributed by atoms with Crippen LogP contribution >= 0.6 is 11.8 Å². The topological polar surface area (TPSA) is 55.1 Å². The Bertz CT molecular complexity index is 282. The maximum absolute atomic E-state index is 10.5. The van der Waals surface area contributed by atoms with Crippen molar-refractivity contribution in [3.8, 4) is 0 Å². The number of thioether (sulfide) groups is 1. The van der Waals surface area contributed by atoms with E-state index in [9.17, 15) is 4.79 Å². The molecule has 0 aliphatic carbocycles. The molecule has 0 saturated heterocycles. The average molecular weight is 172 g/mol. The second kappa shape index (κ2) is 2.96. The summed E-state index contributed by atoms with van der Waals surface area (Å²) in [7, 11) is 1.70. The van der Waals surface area contributed by atoms with E-state index in [4.69, 9.17) is 5.11 Å². The van der Waals surface area contributed by atoms with Gasteiger partial charge in [0.25, 0.3) is 0 Å². The summed E-state index contributed by atoms with van der Waals surface area (Å²) in [4.78, 5) is 10.5. The van der Waals surface area contributed by atoms with Gasteiger partial charge in [-0.3, -0.25) is 4.68 Å². The molecule has 1 aromatic heterocycles. The van der Waals surface area contributed by atoms with Crippen LogP contribution in [0.15, 0.2) is 11.2 Å². The third kappa shape index (κ3) is 1.54. The predicted molar refractivity (Wildman–Crippen MR) is 41.9 cm³/mol. The van der Waals surface area contributed by atoms with Gasteiger partial charge in [-0.25, -0.2) is 4.79 Å². The van der Waals surface area contributed by atoms with Crippen molar-refractivity contribution in [2.75, 3.05) is 6.26 Å². The van der Waals surface area contributed by atoms with Crippen LogP contribution in [0.5, 0.6) is 0 Å². The molecular formula is C6H8N2O2S. The van der Waals surface area contributed by atoms with E-state index in [2.05, 4.69) is 5.10 Å². The molecule has 1 rings (SSSR count). The fourth-order valence-corrected chi connectivity index (χ4v) is 1.34. The Morgan fingerprint density at radius 2 is 2.45 bits per heavy atom. The van der Waals surface area contributed by atoms with Gasteiger partial charge in [-0.1, -0.05) is 0 Å². The molecular weight excluding hydrogens is 164 g/mol. The van der Waals surface area contributed by atoms with Crippen molar-refractivity contribution in [2.24, 2.45) is 7.05 Å². The number of aromatic carboxylic acids is 1. The first-order chi connectivity index (χ1) is 5.15. The number of aryl methyl sites for hydroxylation is 1. The molecule has 0 amide bonds. The molecule has 0 aliphatic rings. The van der Waals surface area contributed by atoms with Crippen molar-refractivity contribution in [3.05, 3.63) is 11.8 Å². The number of nitrogens with zero attached hydrogens (tertiary/aromatic N) is 2. The summed E-state index contributed by atoms with van der Waals surface area (Å²) in [6.07, 6.45) is 3.29. The molecule has 1 N–H and O–H groups in total. The van der Waals surface area contributed by atoms with Crippen LogP contribution in [-0.2, 0) is 7.05 Å². The number of hydrogen-bond donors (Lipinski definition) is 1. The highest BCUT2D eigenvalue weighted by Gasteiger charge is 2.12. The molecule has 1 aromatic rings. The largest absolute Gasteiger partial charge is 0.478 e. The standard InChI is InChI=1S/C6H8N2O2S/c1-8-3-4(6(9)10)5(7-8)11-2/h3H,1-2H3,(H,9,10). The van der Waals surface area contributed by atoms with Crippen LogP contribution in [0.25, 0.3) is 0 Å². The lowest BCUT2D eigenvalue weighted by Crippen LogP contribution is -1.95. The second-order valence-electron chi connectivity index (χ2n) is 2.03. The highest BCUT2D eigenvalue weighted by molar-refractivity contribution is 7.98. The van der Waals surface area contributed by atoms with E-state index >= 15 is 0 Å². The number of hydrogen-bond acceptors (Lipinski definition) is 3. The number of carbonyl (C=O) groups is 1. The van der Waals surface area contributed by atoms with Crippen molar-refractivity contribution < 1.29 is 9.90 Å². The van der Waals surface area contributed by atoms with Gasteiger partial charge in [-0.2, -0.15) is 5.10 Å². The number of carboxylic acid groups (broad SMARTS) is 1. The van der Waals surface area contributed by atoms with E-state index < -0.39 is 5.97 Å². The van der Waals surface area contributed by atoms with Gasteiger partial charge in [-0.15, -0.1) is 11.8 Å². The van der Waals surface area contributed by atoms with Crippen molar-refractivity contribution in [3.63, 3.8) is 0 Å². The Morgan fingerprint density at radius 1 is 1.82 bits per heavy atom. The zero-order valence-electron chi connectivity index (χ0n) is 6.24. The molecule has 5 heteroatoms.